The van der Waals surface area contributed by atoms with E-state index >= 15 is 0 Å². The smallest absolute Gasteiger partial charge is 0.242 e. The van der Waals surface area contributed by atoms with Crippen molar-refractivity contribution in [1.82, 2.24) is 10.2 Å². The summed E-state index contributed by atoms with van der Waals surface area (Å²) in [7, 11) is 0. The molecule has 9 heteroatoms. The molecule has 1 aromatic rings. The largest absolute Gasteiger partial charge is 0.368 e. The van der Waals surface area contributed by atoms with E-state index in [-0.39, 0.29) is 54.9 Å². The molecule has 0 aromatic heterocycles. The number of halogens is 3. The van der Waals surface area contributed by atoms with Gasteiger partial charge in [0.05, 0.1) is 12.6 Å². The maximum Gasteiger partial charge on any atom is 0.242 e. The van der Waals surface area contributed by atoms with Gasteiger partial charge in [0.2, 0.25) is 11.8 Å². The minimum Gasteiger partial charge on any atom is -0.368 e. The van der Waals surface area contributed by atoms with Crippen molar-refractivity contribution in [2.75, 3.05) is 37.6 Å². The van der Waals surface area contributed by atoms with Gasteiger partial charge in [0.15, 0.2) is 0 Å². The maximum absolute atomic E-state index is 13.0. The Morgan fingerprint density at radius 2 is 1.65 bits per heavy atom. The number of anilines is 1. The van der Waals surface area contributed by atoms with Crippen LogP contribution in [0.1, 0.15) is 13.8 Å². The van der Waals surface area contributed by atoms with Gasteiger partial charge in [-0.05, 0) is 30.2 Å². The van der Waals surface area contributed by atoms with Crippen LogP contribution in [0.2, 0.25) is 0 Å². The molecule has 0 saturated carbocycles. The molecule has 1 aliphatic heterocycles. The number of nitrogens with two attached hydrogens (primary N) is 1. The lowest BCUT2D eigenvalue weighted by molar-refractivity contribution is -0.133. The minimum absolute atomic E-state index is 0. The molecule has 2 amide bonds. The summed E-state index contributed by atoms with van der Waals surface area (Å²) >= 11 is 0. The molecule has 0 radical (unpaired) electrons. The third-order valence-corrected chi connectivity index (χ3v) is 4.26. The molecular formula is C17H27Cl2FN4O2. The number of carbonyl (C=O) groups excluding carboxylic acids is 2. The summed E-state index contributed by atoms with van der Waals surface area (Å²) in [5, 5.41) is 2.60. The molecule has 2 rings (SSSR count). The molecule has 3 N–H and O–H groups in total. The molecule has 26 heavy (non-hydrogen) atoms. The first-order valence-electron chi connectivity index (χ1n) is 8.20. The first kappa shape index (κ1) is 24.4. The quantitative estimate of drug-likeness (QED) is 0.771. The normalized spacial score (nSPS) is 15.0. The molecule has 1 saturated heterocycles. The van der Waals surface area contributed by atoms with Gasteiger partial charge in [0, 0.05) is 31.9 Å². The number of amides is 2. The summed E-state index contributed by atoms with van der Waals surface area (Å²) < 4.78 is 13.0. The molecule has 148 valence electrons. The van der Waals surface area contributed by atoms with Crippen molar-refractivity contribution in [3.8, 4) is 0 Å². The molecule has 0 aliphatic carbocycles. The summed E-state index contributed by atoms with van der Waals surface area (Å²) in [6.45, 7) is 6.19. The van der Waals surface area contributed by atoms with Gasteiger partial charge in [-0.1, -0.05) is 13.8 Å². The van der Waals surface area contributed by atoms with Crippen LogP contribution in [0.5, 0.6) is 0 Å². The predicted octanol–water partition coefficient (Wildman–Crippen LogP) is 1.42. The van der Waals surface area contributed by atoms with E-state index in [2.05, 4.69) is 10.2 Å². The van der Waals surface area contributed by atoms with Gasteiger partial charge >= 0.3 is 0 Å². The Kier molecular flexibility index (Phi) is 10.5. The van der Waals surface area contributed by atoms with Crippen LogP contribution in [0, 0.1) is 11.7 Å². The number of hydrogen-bond donors (Lipinski definition) is 2. The number of nitrogens with zero attached hydrogens (tertiary/aromatic N) is 2. The fourth-order valence-electron chi connectivity index (χ4n) is 2.56. The summed E-state index contributed by atoms with van der Waals surface area (Å²) in [4.78, 5) is 27.8. The van der Waals surface area contributed by atoms with E-state index in [1.807, 2.05) is 13.8 Å². The number of carbonyl (C=O) groups is 2. The van der Waals surface area contributed by atoms with Gasteiger partial charge in [0.1, 0.15) is 5.82 Å². The minimum atomic E-state index is -0.604. The molecule has 0 spiro atoms. The topological polar surface area (TPSA) is 78.7 Å². The lowest BCUT2D eigenvalue weighted by Gasteiger charge is -2.36. The van der Waals surface area contributed by atoms with E-state index in [1.165, 1.54) is 12.1 Å². The standard InChI is InChI=1S/C17H25FN4O2.2ClH/c1-12(2)16(19)17(24)20-11-15(23)22-9-7-21(8-10-22)14-5-3-13(18)4-6-14;;/h3-6,12,16H,7-11,19H2,1-2H3,(H,20,24);2*1H/t16-;;/m0../s1. The van der Waals surface area contributed by atoms with Crippen LogP contribution in [-0.2, 0) is 9.59 Å². The van der Waals surface area contributed by atoms with Crippen LogP contribution >= 0.6 is 24.8 Å². The molecule has 1 aliphatic rings. The van der Waals surface area contributed by atoms with Crippen LogP contribution in [0.3, 0.4) is 0 Å². The third-order valence-electron chi connectivity index (χ3n) is 4.26. The zero-order valence-corrected chi connectivity index (χ0v) is 16.6. The van der Waals surface area contributed by atoms with Crippen molar-refractivity contribution in [2.24, 2.45) is 11.7 Å². The van der Waals surface area contributed by atoms with Crippen LogP contribution in [0.4, 0.5) is 10.1 Å². The van der Waals surface area contributed by atoms with Crippen LogP contribution in [-0.4, -0.2) is 55.5 Å². The maximum atomic E-state index is 13.0. The van der Waals surface area contributed by atoms with Gasteiger partial charge < -0.3 is 20.9 Å². The Morgan fingerprint density at radius 1 is 1.12 bits per heavy atom. The summed E-state index contributed by atoms with van der Waals surface area (Å²) in [5.41, 5.74) is 6.69. The predicted molar refractivity (Wildman–Crippen MR) is 106 cm³/mol. The highest BCUT2D eigenvalue weighted by Gasteiger charge is 2.23. The summed E-state index contributed by atoms with van der Waals surface area (Å²) in [5.74, 6) is -0.649. The number of nitrogens with one attached hydrogen (secondary N) is 1. The van der Waals surface area contributed by atoms with Crippen molar-refractivity contribution < 1.29 is 14.0 Å². The van der Waals surface area contributed by atoms with Crippen molar-refractivity contribution in [3.05, 3.63) is 30.1 Å². The van der Waals surface area contributed by atoms with E-state index in [1.54, 1.807) is 17.0 Å². The van der Waals surface area contributed by atoms with E-state index in [4.69, 9.17) is 5.73 Å². The number of hydrogen-bond acceptors (Lipinski definition) is 4. The van der Waals surface area contributed by atoms with Crippen LogP contribution < -0.4 is 16.0 Å². The Bertz CT molecular complexity index is 579. The average molecular weight is 409 g/mol. The third kappa shape index (κ3) is 6.63. The van der Waals surface area contributed by atoms with Crippen molar-refractivity contribution in [2.45, 2.75) is 19.9 Å². The second-order valence-electron chi connectivity index (χ2n) is 6.33. The highest BCUT2D eigenvalue weighted by atomic mass is 35.5. The lowest BCUT2D eigenvalue weighted by atomic mass is 10.1. The van der Waals surface area contributed by atoms with Crippen LogP contribution in [0.25, 0.3) is 0 Å². The second kappa shape index (κ2) is 11.2. The number of rotatable bonds is 5. The van der Waals surface area contributed by atoms with E-state index in [9.17, 15) is 14.0 Å². The molecule has 1 fully saturated rings. The van der Waals surface area contributed by atoms with Crippen molar-refractivity contribution in [1.29, 1.82) is 0 Å². The van der Waals surface area contributed by atoms with Crippen molar-refractivity contribution in [3.63, 3.8) is 0 Å². The molecule has 6 nitrogen and oxygen atoms in total. The van der Waals surface area contributed by atoms with Gasteiger partial charge in [0.25, 0.3) is 0 Å². The number of benzene rings is 1. The first-order chi connectivity index (χ1) is 11.4. The molecule has 0 unspecified atom stereocenters. The Balaban J connectivity index is 0.00000312. The monoisotopic (exact) mass is 408 g/mol. The number of piperazine rings is 1. The fraction of sp³-hybridized carbons (Fsp3) is 0.529. The first-order valence-corrected chi connectivity index (χ1v) is 8.20. The Morgan fingerprint density at radius 3 is 2.15 bits per heavy atom. The molecule has 1 heterocycles. The second-order valence-corrected chi connectivity index (χ2v) is 6.33. The van der Waals surface area contributed by atoms with E-state index in [0.29, 0.717) is 26.2 Å². The molecular weight excluding hydrogens is 382 g/mol. The Hall–Kier alpha value is -1.57. The highest BCUT2D eigenvalue weighted by molar-refractivity contribution is 5.87. The van der Waals surface area contributed by atoms with Gasteiger partial charge in [-0.2, -0.15) is 0 Å². The lowest BCUT2D eigenvalue weighted by Crippen LogP contribution is -2.52. The summed E-state index contributed by atoms with van der Waals surface area (Å²) in [6.07, 6.45) is 0. The average Bonchev–Trinajstić information content (AvgIpc) is 2.59. The van der Waals surface area contributed by atoms with Crippen LogP contribution in [0.15, 0.2) is 24.3 Å². The molecule has 1 aromatic carbocycles. The Labute approximate surface area is 166 Å². The summed E-state index contributed by atoms with van der Waals surface area (Å²) in [6, 6.07) is 5.73. The highest BCUT2D eigenvalue weighted by Crippen LogP contribution is 2.16. The zero-order valence-electron chi connectivity index (χ0n) is 15.0. The SMILES string of the molecule is CC(C)[C@H](N)C(=O)NCC(=O)N1CCN(c2ccc(F)cc2)CC1.Cl.Cl. The zero-order chi connectivity index (χ0) is 17.7. The van der Waals surface area contributed by atoms with Gasteiger partial charge in [-0.15, -0.1) is 24.8 Å². The fourth-order valence-corrected chi connectivity index (χ4v) is 2.56. The van der Waals surface area contributed by atoms with Gasteiger partial charge in [-0.25, -0.2) is 4.39 Å². The van der Waals surface area contributed by atoms with E-state index < -0.39 is 6.04 Å². The molecule has 1 atom stereocenters. The van der Waals surface area contributed by atoms with E-state index in [0.717, 1.165) is 5.69 Å². The molecule has 0 bridgehead atoms. The van der Waals surface area contributed by atoms with Crippen molar-refractivity contribution >= 4 is 42.3 Å². The van der Waals surface area contributed by atoms with Gasteiger partial charge in [-0.3, -0.25) is 9.59 Å².